The summed E-state index contributed by atoms with van der Waals surface area (Å²) in [7, 11) is 1.50. The van der Waals surface area contributed by atoms with E-state index >= 15 is 0 Å². The number of hydrogen-bond acceptors (Lipinski definition) is 6. The lowest BCUT2D eigenvalue weighted by molar-refractivity contribution is -0.870. The summed E-state index contributed by atoms with van der Waals surface area (Å²) < 4.78 is 30.7. The number of nitrogens with zero attached hydrogens (tertiary/aromatic N) is 1. The maximum atomic E-state index is 13.6. The molecule has 458 valence electrons. The number of carbonyl (C=O) groups is 2. The number of phosphoric ester groups is 1. The lowest BCUT2D eigenvalue weighted by atomic mass is 10.0. The van der Waals surface area contributed by atoms with Crippen molar-refractivity contribution in [2.75, 3.05) is 40.9 Å². The Balaban J connectivity index is 4.99. The summed E-state index contributed by atoms with van der Waals surface area (Å²) in [6.45, 7) is 7.00. The highest BCUT2D eigenvalue weighted by molar-refractivity contribution is 7.47. The lowest BCUT2D eigenvalue weighted by Gasteiger charge is -2.27. The second-order valence-electron chi connectivity index (χ2n) is 24.0. The molecule has 2 N–H and O–H groups in total. The Morgan fingerprint density at radius 3 is 1.21 bits per heavy atom. The third-order valence-corrected chi connectivity index (χ3v) is 16.0. The second kappa shape index (κ2) is 58.2. The van der Waals surface area contributed by atoms with Crippen molar-refractivity contribution in [3.05, 3.63) is 48.6 Å². The van der Waals surface area contributed by atoms with Crippen molar-refractivity contribution in [3.63, 3.8) is 0 Å². The minimum atomic E-state index is -4.45. The third-order valence-electron chi connectivity index (χ3n) is 15.0. The van der Waals surface area contributed by atoms with Crippen molar-refractivity contribution in [2.24, 2.45) is 0 Å². The first-order valence-corrected chi connectivity index (χ1v) is 35.0. The number of hydrogen-bond donors (Lipinski definition) is 2. The van der Waals surface area contributed by atoms with Crippen LogP contribution in [0.2, 0.25) is 0 Å². The number of amides is 1. The van der Waals surface area contributed by atoms with E-state index in [1.807, 2.05) is 33.3 Å². The van der Waals surface area contributed by atoms with E-state index in [1.54, 1.807) is 0 Å². The zero-order valence-corrected chi connectivity index (χ0v) is 53.3. The van der Waals surface area contributed by atoms with Crippen molar-refractivity contribution >= 4 is 19.7 Å². The Kier molecular flexibility index (Phi) is 56.7. The van der Waals surface area contributed by atoms with Crippen molar-refractivity contribution in [3.8, 4) is 0 Å². The number of nitrogens with one attached hydrogen (secondary N) is 1. The number of carbonyl (C=O) groups excluding carboxylic acids is 2. The number of ether oxygens (including phenoxy) is 1. The Bertz CT molecular complexity index is 1470. The molecule has 10 heteroatoms. The Hall–Kier alpha value is -2.03. The molecule has 0 rings (SSSR count). The number of allylic oxidation sites excluding steroid dienone is 7. The van der Waals surface area contributed by atoms with Gasteiger partial charge in [0.15, 0.2) is 0 Å². The first-order valence-electron chi connectivity index (χ1n) is 33.5. The SMILES string of the molecule is CCCCC/C=C\C/C=C\CCCCCCCCCCCCCCCCCCCC(=O)NC(COP(=O)(O)OCC[N+](C)(C)C)C(/C=C\CCCCCCCCCCCC)OC(=O)CCCCC/C=C\CCCCCCCC. The third kappa shape index (κ3) is 58.6. The van der Waals surface area contributed by atoms with Crippen LogP contribution in [0.5, 0.6) is 0 Å². The van der Waals surface area contributed by atoms with Crippen molar-refractivity contribution in [2.45, 2.75) is 335 Å². The lowest BCUT2D eigenvalue weighted by Crippen LogP contribution is -2.47. The van der Waals surface area contributed by atoms with E-state index in [-0.39, 0.29) is 31.5 Å². The van der Waals surface area contributed by atoms with Gasteiger partial charge in [0.25, 0.3) is 0 Å². The maximum absolute atomic E-state index is 13.6. The van der Waals surface area contributed by atoms with Crippen LogP contribution in [0, 0.1) is 0 Å². The molecule has 0 radical (unpaired) electrons. The fourth-order valence-electron chi connectivity index (χ4n) is 9.79. The summed E-state index contributed by atoms with van der Waals surface area (Å²) in [5.74, 6) is -0.512. The highest BCUT2D eigenvalue weighted by atomic mass is 31.2. The van der Waals surface area contributed by atoms with Crippen LogP contribution >= 0.6 is 7.82 Å². The highest BCUT2D eigenvalue weighted by Gasteiger charge is 2.30. The molecule has 3 unspecified atom stereocenters. The van der Waals surface area contributed by atoms with Gasteiger partial charge < -0.3 is 19.4 Å². The van der Waals surface area contributed by atoms with Crippen LogP contribution in [0.1, 0.15) is 323 Å². The summed E-state index contributed by atoms with van der Waals surface area (Å²) in [6, 6.07) is -0.852. The number of unbranched alkanes of at least 4 members (excludes halogenated alkanes) is 39. The van der Waals surface area contributed by atoms with Gasteiger partial charge in [-0.15, -0.1) is 0 Å². The average Bonchev–Trinajstić information content (AvgIpc) is 3.40. The van der Waals surface area contributed by atoms with Gasteiger partial charge >= 0.3 is 13.8 Å². The van der Waals surface area contributed by atoms with E-state index in [1.165, 1.54) is 212 Å². The van der Waals surface area contributed by atoms with E-state index in [2.05, 4.69) is 62.5 Å². The predicted molar refractivity (Wildman–Crippen MR) is 337 cm³/mol. The van der Waals surface area contributed by atoms with Gasteiger partial charge in [0.2, 0.25) is 5.91 Å². The molecule has 0 fully saturated rings. The molecule has 9 nitrogen and oxygen atoms in total. The Morgan fingerprint density at radius 2 is 0.782 bits per heavy atom. The monoisotopic (exact) mass is 1120 g/mol. The average molecular weight is 1120 g/mol. The standard InChI is InChI=1S/C68H129N2O7P/c1-7-10-13-16-19-22-25-28-29-30-31-32-33-34-35-36-37-38-39-40-41-43-45-48-51-54-57-60-67(71)69-65(64-76-78(73,74)75-63-62-70(4,5)6)66(59-56-53-50-47-44-27-24-21-18-15-12-9-3)77-68(72)61-58-55-52-49-46-42-26-23-20-17-14-11-8-2/h19,22,28-29,42,46,56,59,65-66H,7-18,20-21,23-27,30-41,43-45,47-55,57-58,60-64H2,1-6H3,(H-,69,71,73,74)/p+1/b22-19-,29-28-,46-42-,59-56-. The van der Waals surface area contributed by atoms with Gasteiger partial charge in [-0.2, -0.15) is 0 Å². The number of rotatable bonds is 61. The first-order chi connectivity index (χ1) is 37.9. The molecule has 78 heavy (non-hydrogen) atoms. The van der Waals surface area contributed by atoms with Gasteiger partial charge in [-0.25, -0.2) is 4.57 Å². The van der Waals surface area contributed by atoms with Gasteiger partial charge in [0.1, 0.15) is 19.3 Å². The van der Waals surface area contributed by atoms with E-state index < -0.39 is 20.0 Å². The number of likely N-dealkylation sites (N-methyl/N-ethyl adjacent to an activating group) is 1. The number of quaternary nitrogens is 1. The molecule has 0 aliphatic heterocycles. The van der Waals surface area contributed by atoms with Crippen LogP contribution in [0.4, 0.5) is 0 Å². The summed E-state index contributed by atoms with van der Waals surface area (Å²) in [4.78, 5) is 37.7. The normalized spacial score (nSPS) is 13.9. The predicted octanol–water partition coefficient (Wildman–Crippen LogP) is 20.8. The van der Waals surface area contributed by atoms with Crippen molar-refractivity contribution in [1.82, 2.24) is 5.32 Å². The largest absolute Gasteiger partial charge is 0.472 e. The smallest absolute Gasteiger partial charge is 0.456 e. The molecule has 0 heterocycles. The fourth-order valence-corrected chi connectivity index (χ4v) is 10.5. The zero-order chi connectivity index (χ0) is 57.2. The quantitative estimate of drug-likeness (QED) is 0.0205. The van der Waals surface area contributed by atoms with Crippen LogP contribution < -0.4 is 5.32 Å². The van der Waals surface area contributed by atoms with Gasteiger partial charge in [0, 0.05) is 12.8 Å². The maximum Gasteiger partial charge on any atom is 0.472 e. The van der Waals surface area contributed by atoms with Crippen molar-refractivity contribution < 1.29 is 37.3 Å². The molecule has 0 aromatic heterocycles. The molecular weight excluding hydrogens is 988 g/mol. The molecule has 0 saturated carbocycles. The molecule has 0 saturated heterocycles. The molecule has 0 aliphatic rings. The van der Waals surface area contributed by atoms with Gasteiger partial charge in [-0.3, -0.25) is 18.6 Å². The molecular formula is C68H130N2O7P+. The minimum Gasteiger partial charge on any atom is -0.456 e. The molecule has 0 aliphatic carbocycles. The molecule has 0 spiro atoms. The van der Waals surface area contributed by atoms with Crippen LogP contribution in [0.25, 0.3) is 0 Å². The summed E-state index contributed by atoms with van der Waals surface area (Å²) >= 11 is 0. The van der Waals surface area contributed by atoms with Gasteiger partial charge in [-0.05, 0) is 89.5 Å². The van der Waals surface area contributed by atoms with Gasteiger partial charge in [0.05, 0.1) is 33.8 Å². The molecule has 0 aromatic carbocycles. The molecule has 3 atom stereocenters. The highest BCUT2D eigenvalue weighted by Crippen LogP contribution is 2.43. The van der Waals surface area contributed by atoms with E-state index in [0.717, 1.165) is 77.0 Å². The van der Waals surface area contributed by atoms with E-state index in [4.69, 9.17) is 13.8 Å². The summed E-state index contributed by atoms with van der Waals surface area (Å²) in [6.07, 6.45) is 72.7. The molecule has 1 amide bonds. The summed E-state index contributed by atoms with van der Waals surface area (Å²) in [5, 5.41) is 3.06. The van der Waals surface area contributed by atoms with Gasteiger partial charge in [-0.1, -0.05) is 269 Å². The van der Waals surface area contributed by atoms with E-state index in [9.17, 15) is 19.0 Å². The topological polar surface area (TPSA) is 111 Å². The summed E-state index contributed by atoms with van der Waals surface area (Å²) in [5.41, 5.74) is 0. The van der Waals surface area contributed by atoms with Crippen molar-refractivity contribution in [1.29, 1.82) is 0 Å². The second-order valence-corrected chi connectivity index (χ2v) is 25.4. The number of esters is 1. The van der Waals surface area contributed by atoms with E-state index in [0.29, 0.717) is 17.4 Å². The van der Waals surface area contributed by atoms with Crippen LogP contribution in [-0.2, 0) is 27.9 Å². The van der Waals surface area contributed by atoms with Crippen LogP contribution in [-0.4, -0.2) is 74.3 Å². The molecule has 0 bridgehead atoms. The first kappa shape index (κ1) is 76.0. The Morgan fingerprint density at radius 1 is 0.449 bits per heavy atom. The van der Waals surface area contributed by atoms with Crippen LogP contribution in [0.3, 0.4) is 0 Å². The fraction of sp³-hybridized carbons (Fsp3) is 0.853. The van der Waals surface area contributed by atoms with Crippen LogP contribution in [0.15, 0.2) is 48.6 Å². The minimum absolute atomic E-state index is 0.0395. The Labute approximate surface area is 484 Å². The molecule has 0 aromatic rings. The zero-order valence-electron chi connectivity index (χ0n) is 52.4. The number of phosphoric acid groups is 1.